The van der Waals surface area contributed by atoms with Crippen molar-refractivity contribution in [2.75, 3.05) is 24.5 Å². The SMILES string of the molecule is O=C1C[C@@]2(CCNC2)CN1c1cccc(F)c1. The largest absolute Gasteiger partial charge is 0.316 e. The average molecular weight is 234 g/mol. The van der Waals surface area contributed by atoms with Gasteiger partial charge in [-0.2, -0.15) is 0 Å². The Morgan fingerprint density at radius 2 is 2.29 bits per heavy atom. The molecule has 0 aromatic heterocycles. The summed E-state index contributed by atoms with van der Waals surface area (Å²) in [4.78, 5) is 13.7. The van der Waals surface area contributed by atoms with Crippen LogP contribution in [0.4, 0.5) is 10.1 Å². The van der Waals surface area contributed by atoms with E-state index in [1.54, 1.807) is 17.0 Å². The molecule has 4 heteroatoms. The van der Waals surface area contributed by atoms with Crippen LogP contribution in [-0.4, -0.2) is 25.5 Å². The van der Waals surface area contributed by atoms with Crippen molar-refractivity contribution < 1.29 is 9.18 Å². The lowest BCUT2D eigenvalue weighted by Gasteiger charge is -2.22. The Kier molecular flexibility index (Phi) is 2.40. The summed E-state index contributed by atoms with van der Waals surface area (Å²) in [6.07, 6.45) is 1.61. The summed E-state index contributed by atoms with van der Waals surface area (Å²) in [5.74, 6) is -0.180. The maximum atomic E-state index is 13.2. The Bertz CT molecular complexity index is 454. The lowest BCUT2D eigenvalue weighted by atomic mass is 9.86. The third kappa shape index (κ3) is 1.82. The van der Waals surface area contributed by atoms with E-state index >= 15 is 0 Å². The number of nitrogens with zero attached hydrogens (tertiary/aromatic N) is 1. The number of carbonyl (C=O) groups excluding carboxylic acids is 1. The predicted octanol–water partition coefficient (Wildman–Crippen LogP) is 1.54. The van der Waals surface area contributed by atoms with E-state index in [0.29, 0.717) is 18.7 Å². The fraction of sp³-hybridized carbons (Fsp3) is 0.462. The number of benzene rings is 1. The van der Waals surface area contributed by atoms with Gasteiger partial charge in [0.2, 0.25) is 5.91 Å². The van der Waals surface area contributed by atoms with Crippen molar-refractivity contribution >= 4 is 11.6 Å². The van der Waals surface area contributed by atoms with E-state index in [1.165, 1.54) is 12.1 Å². The molecule has 1 aromatic rings. The molecule has 1 aromatic carbocycles. The van der Waals surface area contributed by atoms with Crippen LogP contribution in [0, 0.1) is 11.2 Å². The second kappa shape index (κ2) is 3.81. The molecule has 1 N–H and O–H groups in total. The molecular weight excluding hydrogens is 219 g/mol. The van der Waals surface area contributed by atoms with Crippen molar-refractivity contribution in [3.63, 3.8) is 0 Å². The molecule has 0 saturated carbocycles. The molecule has 1 amide bonds. The molecule has 0 aliphatic carbocycles. The summed E-state index contributed by atoms with van der Waals surface area (Å²) < 4.78 is 13.2. The minimum absolute atomic E-state index is 0.0728. The zero-order valence-electron chi connectivity index (χ0n) is 9.58. The van der Waals surface area contributed by atoms with Crippen LogP contribution in [0.1, 0.15) is 12.8 Å². The van der Waals surface area contributed by atoms with Gasteiger partial charge in [0.25, 0.3) is 0 Å². The number of hydrogen-bond donors (Lipinski definition) is 1. The van der Waals surface area contributed by atoms with Gasteiger partial charge in [0, 0.05) is 30.6 Å². The van der Waals surface area contributed by atoms with Gasteiger partial charge in [-0.15, -0.1) is 0 Å². The fourth-order valence-electron chi connectivity index (χ4n) is 2.86. The number of nitrogens with one attached hydrogen (secondary N) is 1. The van der Waals surface area contributed by atoms with Crippen molar-refractivity contribution in [3.05, 3.63) is 30.1 Å². The predicted molar refractivity (Wildman–Crippen MR) is 63.3 cm³/mol. The van der Waals surface area contributed by atoms with Crippen LogP contribution in [0.5, 0.6) is 0 Å². The summed E-state index contributed by atoms with van der Waals surface area (Å²) in [6, 6.07) is 6.27. The van der Waals surface area contributed by atoms with Gasteiger partial charge in [-0.3, -0.25) is 4.79 Å². The van der Waals surface area contributed by atoms with Gasteiger partial charge in [-0.1, -0.05) is 6.07 Å². The molecule has 1 spiro atoms. The molecule has 0 unspecified atom stereocenters. The lowest BCUT2D eigenvalue weighted by molar-refractivity contribution is -0.117. The van der Waals surface area contributed by atoms with E-state index in [0.717, 1.165) is 19.5 Å². The first-order valence-electron chi connectivity index (χ1n) is 5.95. The molecule has 2 saturated heterocycles. The van der Waals surface area contributed by atoms with Gasteiger partial charge in [0.05, 0.1) is 0 Å². The third-order valence-electron chi connectivity index (χ3n) is 3.77. The Balaban J connectivity index is 1.87. The van der Waals surface area contributed by atoms with E-state index in [1.807, 2.05) is 0 Å². The highest BCUT2D eigenvalue weighted by atomic mass is 19.1. The normalized spacial score (nSPS) is 28.3. The standard InChI is InChI=1S/C13H15FN2O/c14-10-2-1-3-11(6-10)16-9-13(7-12(16)17)4-5-15-8-13/h1-3,6,15H,4-5,7-9H2/t13-/m1/s1. The molecule has 1 atom stereocenters. The van der Waals surface area contributed by atoms with Crippen LogP contribution in [0.3, 0.4) is 0 Å². The van der Waals surface area contributed by atoms with Crippen LogP contribution < -0.4 is 10.2 Å². The molecule has 17 heavy (non-hydrogen) atoms. The molecule has 3 rings (SSSR count). The zero-order valence-corrected chi connectivity index (χ0v) is 9.58. The molecule has 2 heterocycles. The molecule has 2 fully saturated rings. The van der Waals surface area contributed by atoms with E-state index in [9.17, 15) is 9.18 Å². The molecule has 3 nitrogen and oxygen atoms in total. The van der Waals surface area contributed by atoms with Gasteiger partial charge >= 0.3 is 0 Å². The summed E-state index contributed by atoms with van der Waals surface area (Å²) in [7, 11) is 0. The van der Waals surface area contributed by atoms with Crippen molar-refractivity contribution in [1.82, 2.24) is 5.32 Å². The van der Waals surface area contributed by atoms with Crippen molar-refractivity contribution in [2.45, 2.75) is 12.8 Å². The number of anilines is 1. The number of rotatable bonds is 1. The number of carbonyl (C=O) groups is 1. The maximum Gasteiger partial charge on any atom is 0.227 e. The van der Waals surface area contributed by atoms with E-state index in [4.69, 9.17) is 0 Å². The average Bonchev–Trinajstić information content (AvgIpc) is 2.87. The minimum atomic E-state index is -0.291. The molecule has 2 aliphatic rings. The van der Waals surface area contributed by atoms with Crippen molar-refractivity contribution in [2.24, 2.45) is 5.41 Å². The quantitative estimate of drug-likeness (QED) is 0.799. The van der Waals surface area contributed by atoms with Crippen LogP contribution in [0.25, 0.3) is 0 Å². The molecule has 90 valence electrons. The first-order valence-corrected chi connectivity index (χ1v) is 5.95. The summed E-state index contributed by atoms with van der Waals surface area (Å²) >= 11 is 0. The number of hydrogen-bond acceptors (Lipinski definition) is 2. The number of halogens is 1. The topological polar surface area (TPSA) is 32.3 Å². The molecular formula is C13H15FN2O. The van der Waals surface area contributed by atoms with Gasteiger partial charge in [0.1, 0.15) is 5.82 Å². The highest BCUT2D eigenvalue weighted by molar-refractivity contribution is 5.96. The third-order valence-corrected chi connectivity index (χ3v) is 3.77. The molecule has 0 radical (unpaired) electrons. The smallest absolute Gasteiger partial charge is 0.227 e. The van der Waals surface area contributed by atoms with E-state index < -0.39 is 0 Å². The Morgan fingerprint density at radius 3 is 3.00 bits per heavy atom. The fourth-order valence-corrected chi connectivity index (χ4v) is 2.86. The van der Waals surface area contributed by atoms with Gasteiger partial charge in [-0.05, 0) is 31.2 Å². The Hall–Kier alpha value is -1.42. The lowest BCUT2D eigenvalue weighted by Crippen LogP contribution is -2.29. The van der Waals surface area contributed by atoms with E-state index in [-0.39, 0.29) is 17.1 Å². The van der Waals surface area contributed by atoms with Gasteiger partial charge < -0.3 is 10.2 Å². The van der Waals surface area contributed by atoms with Gasteiger partial charge in [0.15, 0.2) is 0 Å². The van der Waals surface area contributed by atoms with E-state index in [2.05, 4.69) is 5.32 Å². The molecule has 0 bridgehead atoms. The summed E-state index contributed by atoms with van der Waals surface area (Å²) in [6.45, 7) is 2.58. The van der Waals surface area contributed by atoms with Crippen LogP contribution in [0.15, 0.2) is 24.3 Å². The molecule has 2 aliphatic heterocycles. The number of amides is 1. The second-order valence-corrected chi connectivity index (χ2v) is 5.06. The van der Waals surface area contributed by atoms with Crippen molar-refractivity contribution in [3.8, 4) is 0 Å². The summed E-state index contributed by atoms with van der Waals surface area (Å²) in [5.41, 5.74) is 0.752. The highest BCUT2D eigenvalue weighted by Gasteiger charge is 2.45. The summed E-state index contributed by atoms with van der Waals surface area (Å²) in [5, 5.41) is 3.31. The van der Waals surface area contributed by atoms with Gasteiger partial charge in [-0.25, -0.2) is 4.39 Å². The Morgan fingerprint density at radius 1 is 1.41 bits per heavy atom. The Labute approximate surface area is 99.6 Å². The first kappa shape index (κ1) is 10.7. The van der Waals surface area contributed by atoms with Crippen LogP contribution in [-0.2, 0) is 4.79 Å². The van der Waals surface area contributed by atoms with Crippen LogP contribution >= 0.6 is 0 Å². The zero-order chi connectivity index (χ0) is 11.9. The van der Waals surface area contributed by atoms with Crippen molar-refractivity contribution in [1.29, 1.82) is 0 Å². The maximum absolute atomic E-state index is 13.2. The highest BCUT2D eigenvalue weighted by Crippen LogP contribution is 2.38. The second-order valence-electron chi connectivity index (χ2n) is 5.06. The monoisotopic (exact) mass is 234 g/mol. The van der Waals surface area contributed by atoms with Crippen LogP contribution in [0.2, 0.25) is 0 Å². The first-order chi connectivity index (χ1) is 8.19. The minimum Gasteiger partial charge on any atom is -0.316 e.